The van der Waals surface area contributed by atoms with Gasteiger partial charge in [0, 0.05) is 11.8 Å². The maximum Gasteiger partial charge on any atom is 0.336 e. The van der Waals surface area contributed by atoms with E-state index < -0.39 is 11.9 Å². The largest absolute Gasteiger partial charge is 0.478 e. The van der Waals surface area contributed by atoms with Crippen molar-refractivity contribution in [3.63, 3.8) is 0 Å². The second-order valence-electron chi connectivity index (χ2n) is 6.88. The first-order valence-electron chi connectivity index (χ1n) is 8.77. The lowest BCUT2D eigenvalue weighted by Crippen LogP contribution is -2.37. The minimum Gasteiger partial charge on any atom is -0.478 e. The average Bonchev–Trinajstić information content (AvgIpc) is 2.48. The first-order chi connectivity index (χ1) is 11.9. The lowest BCUT2D eigenvalue weighted by atomic mass is 9.77. The number of carbonyl (C=O) groups is 2. The molecule has 2 aliphatic rings. The fourth-order valence-electron chi connectivity index (χ4n) is 3.90. The second-order valence-corrected chi connectivity index (χ2v) is 6.88. The molecular weight excluding hydrogens is 324 g/mol. The molecule has 4 unspecified atom stereocenters. The number of hydrogen-bond donors (Lipinski definition) is 2. The summed E-state index contributed by atoms with van der Waals surface area (Å²) in [5.41, 5.74) is 1.74. The molecule has 0 aromatic heterocycles. The molecule has 1 aromatic rings. The Labute approximate surface area is 146 Å². The van der Waals surface area contributed by atoms with Gasteiger partial charge in [0.1, 0.15) is 0 Å². The normalized spacial score (nSPS) is 28.1. The van der Waals surface area contributed by atoms with Crippen LogP contribution in [-0.4, -0.2) is 35.4 Å². The van der Waals surface area contributed by atoms with Crippen molar-refractivity contribution in [3.05, 3.63) is 33.9 Å². The predicted molar refractivity (Wildman–Crippen MR) is 90.0 cm³/mol. The lowest BCUT2D eigenvalue weighted by molar-refractivity contribution is -0.133. The molecule has 136 valence electrons. The van der Waals surface area contributed by atoms with E-state index in [2.05, 4.69) is 13.8 Å². The van der Waals surface area contributed by atoms with Crippen molar-refractivity contribution in [3.8, 4) is 0 Å². The molecule has 6 heteroatoms. The van der Waals surface area contributed by atoms with Gasteiger partial charge in [0.15, 0.2) is 0 Å². The van der Waals surface area contributed by atoms with E-state index in [0.717, 1.165) is 24.0 Å². The molecule has 2 N–H and O–H groups in total. The summed E-state index contributed by atoms with van der Waals surface area (Å²) in [6.07, 6.45) is 1.47. The van der Waals surface area contributed by atoms with Gasteiger partial charge >= 0.3 is 11.9 Å². The Balaban J connectivity index is 2.20. The van der Waals surface area contributed by atoms with Crippen molar-refractivity contribution in [1.82, 2.24) is 0 Å². The van der Waals surface area contributed by atoms with Crippen LogP contribution in [0.15, 0.2) is 6.07 Å². The first kappa shape index (κ1) is 17.9. The Morgan fingerprint density at radius 1 is 1.04 bits per heavy atom. The summed E-state index contributed by atoms with van der Waals surface area (Å²) in [6.45, 7) is 7.12. The van der Waals surface area contributed by atoms with Crippen LogP contribution in [-0.2, 0) is 9.47 Å². The summed E-state index contributed by atoms with van der Waals surface area (Å²) in [7, 11) is 0. The fourth-order valence-corrected chi connectivity index (χ4v) is 3.90. The van der Waals surface area contributed by atoms with Crippen LogP contribution in [0.1, 0.15) is 76.3 Å². The predicted octanol–water partition coefficient (Wildman–Crippen LogP) is 3.59. The summed E-state index contributed by atoms with van der Waals surface area (Å²) in [5.74, 6) is -1.83. The standard InChI is InChI=1S/C19H24O6/c1-4-10-7-24-16(10)12-6-13(18(20)21)15(19(22)23)9(3)14(12)17-11(5-2)8-25-17/h6,10-11,16-17H,4-5,7-8H2,1-3H3,(H,20,21)(H,22,23). The minimum absolute atomic E-state index is 0.149. The number of aromatic carboxylic acids is 2. The molecule has 0 amide bonds. The highest BCUT2D eigenvalue weighted by atomic mass is 16.5. The maximum atomic E-state index is 11.7. The van der Waals surface area contributed by atoms with Crippen LogP contribution in [0, 0.1) is 18.8 Å². The molecule has 2 heterocycles. The monoisotopic (exact) mass is 348 g/mol. The van der Waals surface area contributed by atoms with Gasteiger partial charge in [-0.1, -0.05) is 13.8 Å². The average molecular weight is 348 g/mol. The smallest absolute Gasteiger partial charge is 0.336 e. The van der Waals surface area contributed by atoms with Crippen molar-refractivity contribution < 1.29 is 29.3 Å². The zero-order chi connectivity index (χ0) is 18.3. The number of rotatable bonds is 6. The number of hydrogen-bond acceptors (Lipinski definition) is 4. The van der Waals surface area contributed by atoms with E-state index in [1.807, 2.05) is 0 Å². The molecule has 6 nitrogen and oxygen atoms in total. The van der Waals surface area contributed by atoms with Crippen molar-refractivity contribution in [2.24, 2.45) is 11.8 Å². The molecule has 3 rings (SSSR count). The van der Waals surface area contributed by atoms with E-state index in [9.17, 15) is 19.8 Å². The second kappa shape index (κ2) is 6.77. The number of ether oxygens (including phenoxy) is 2. The van der Waals surface area contributed by atoms with E-state index in [4.69, 9.17) is 9.47 Å². The molecule has 2 saturated heterocycles. The zero-order valence-corrected chi connectivity index (χ0v) is 14.7. The van der Waals surface area contributed by atoms with Gasteiger partial charge in [-0.3, -0.25) is 0 Å². The van der Waals surface area contributed by atoms with E-state index in [1.54, 1.807) is 6.92 Å². The van der Waals surface area contributed by atoms with Crippen LogP contribution >= 0.6 is 0 Å². The molecule has 0 saturated carbocycles. The molecule has 0 aliphatic carbocycles. The molecule has 0 radical (unpaired) electrons. The fraction of sp³-hybridized carbons (Fsp3) is 0.579. The van der Waals surface area contributed by atoms with Gasteiger partial charge < -0.3 is 19.7 Å². The van der Waals surface area contributed by atoms with Gasteiger partial charge in [0.05, 0.1) is 36.5 Å². The minimum atomic E-state index is -1.23. The topological polar surface area (TPSA) is 93.1 Å². The number of carboxylic acids is 2. The molecule has 0 spiro atoms. The molecule has 25 heavy (non-hydrogen) atoms. The summed E-state index contributed by atoms with van der Waals surface area (Å²) in [5, 5.41) is 19.1. The van der Waals surface area contributed by atoms with Crippen molar-refractivity contribution in [2.75, 3.05) is 13.2 Å². The SMILES string of the molecule is CCC1COC1c1cc(C(=O)O)c(C(=O)O)c(C)c1C1OCC1CC. The summed E-state index contributed by atoms with van der Waals surface area (Å²) in [4.78, 5) is 23.4. The Bertz CT molecular complexity index is 706. The Morgan fingerprint density at radius 2 is 1.60 bits per heavy atom. The van der Waals surface area contributed by atoms with E-state index in [1.165, 1.54) is 6.07 Å². The zero-order valence-electron chi connectivity index (χ0n) is 14.7. The Kier molecular flexibility index (Phi) is 4.84. The number of carboxylic acid groups (broad SMARTS) is 2. The van der Waals surface area contributed by atoms with Gasteiger partial charge in [0.25, 0.3) is 0 Å². The Morgan fingerprint density at radius 3 is 2.00 bits per heavy atom. The van der Waals surface area contributed by atoms with Gasteiger partial charge in [-0.2, -0.15) is 0 Å². The molecule has 4 atom stereocenters. The van der Waals surface area contributed by atoms with Crippen LogP contribution in [0.2, 0.25) is 0 Å². The van der Waals surface area contributed by atoms with Crippen molar-refractivity contribution in [1.29, 1.82) is 0 Å². The highest BCUT2D eigenvalue weighted by Crippen LogP contribution is 2.48. The van der Waals surface area contributed by atoms with Crippen LogP contribution in [0.5, 0.6) is 0 Å². The quantitative estimate of drug-likeness (QED) is 0.816. The van der Waals surface area contributed by atoms with E-state index in [0.29, 0.717) is 30.6 Å². The summed E-state index contributed by atoms with van der Waals surface area (Å²) < 4.78 is 11.5. The molecular formula is C19H24O6. The van der Waals surface area contributed by atoms with Crippen molar-refractivity contribution >= 4 is 11.9 Å². The van der Waals surface area contributed by atoms with Crippen LogP contribution < -0.4 is 0 Å². The first-order valence-corrected chi connectivity index (χ1v) is 8.77. The third-order valence-corrected chi connectivity index (χ3v) is 5.58. The third kappa shape index (κ3) is 2.83. The van der Waals surface area contributed by atoms with E-state index in [-0.39, 0.29) is 23.3 Å². The molecule has 0 bridgehead atoms. The van der Waals surface area contributed by atoms with Gasteiger partial charge in [0.2, 0.25) is 0 Å². The highest BCUT2D eigenvalue weighted by molar-refractivity contribution is 6.03. The van der Waals surface area contributed by atoms with Crippen LogP contribution in [0.3, 0.4) is 0 Å². The van der Waals surface area contributed by atoms with Gasteiger partial charge in [-0.25, -0.2) is 9.59 Å². The van der Waals surface area contributed by atoms with Crippen LogP contribution in [0.25, 0.3) is 0 Å². The van der Waals surface area contributed by atoms with Crippen molar-refractivity contribution in [2.45, 2.75) is 45.8 Å². The molecule has 2 aliphatic heterocycles. The van der Waals surface area contributed by atoms with E-state index >= 15 is 0 Å². The van der Waals surface area contributed by atoms with Crippen LogP contribution in [0.4, 0.5) is 0 Å². The number of benzene rings is 1. The Hall–Kier alpha value is -1.92. The molecule has 2 fully saturated rings. The van der Waals surface area contributed by atoms with Gasteiger partial charge in [-0.15, -0.1) is 0 Å². The lowest BCUT2D eigenvalue weighted by Gasteiger charge is -2.43. The summed E-state index contributed by atoms with van der Waals surface area (Å²) >= 11 is 0. The van der Waals surface area contributed by atoms with Gasteiger partial charge in [-0.05, 0) is 42.5 Å². The molecule has 1 aromatic carbocycles. The third-order valence-electron chi connectivity index (χ3n) is 5.58. The highest BCUT2D eigenvalue weighted by Gasteiger charge is 2.42. The summed E-state index contributed by atoms with van der Waals surface area (Å²) in [6, 6.07) is 1.50. The maximum absolute atomic E-state index is 11.7.